The second-order valence-corrected chi connectivity index (χ2v) is 6.55. The van der Waals surface area contributed by atoms with Crippen molar-refractivity contribution in [2.75, 3.05) is 11.9 Å². The van der Waals surface area contributed by atoms with Crippen molar-refractivity contribution < 1.29 is 18.7 Å². The molecule has 150 valence electrons. The third kappa shape index (κ3) is 6.93. The molecule has 0 aliphatic heterocycles. The molecular weight excluding hydrogens is 368 g/mol. The van der Waals surface area contributed by atoms with Gasteiger partial charge in [-0.25, -0.2) is 0 Å². The van der Waals surface area contributed by atoms with Crippen LogP contribution in [-0.2, 0) is 22.7 Å². The van der Waals surface area contributed by atoms with Crippen LogP contribution >= 0.6 is 0 Å². The van der Waals surface area contributed by atoms with Crippen LogP contribution in [0, 0.1) is 0 Å². The molecule has 2 aromatic carbocycles. The van der Waals surface area contributed by atoms with E-state index in [0.29, 0.717) is 38.2 Å². The van der Waals surface area contributed by atoms with E-state index in [-0.39, 0.29) is 11.8 Å². The first-order valence-electron chi connectivity index (χ1n) is 9.53. The first-order chi connectivity index (χ1) is 14.2. The van der Waals surface area contributed by atoms with Crippen LogP contribution in [0.2, 0.25) is 0 Å². The zero-order chi connectivity index (χ0) is 20.3. The number of carbonyl (C=O) groups excluding carboxylic acids is 2. The molecule has 0 saturated heterocycles. The first-order valence-corrected chi connectivity index (χ1v) is 9.53. The molecule has 3 rings (SSSR count). The van der Waals surface area contributed by atoms with E-state index in [4.69, 9.17) is 9.15 Å². The Morgan fingerprint density at radius 3 is 2.59 bits per heavy atom. The van der Waals surface area contributed by atoms with Crippen molar-refractivity contribution in [3.8, 4) is 0 Å². The van der Waals surface area contributed by atoms with E-state index in [1.54, 1.807) is 18.4 Å². The molecule has 2 N–H and O–H groups in total. The Hall–Kier alpha value is -3.38. The van der Waals surface area contributed by atoms with E-state index in [1.807, 2.05) is 54.6 Å². The summed E-state index contributed by atoms with van der Waals surface area (Å²) in [6, 6.07) is 20.2. The third-order valence-corrected chi connectivity index (χ3v) is 4.21. The van der Waals surface area contributed by atoms with Gasteiger partial charge in [-0.2, -0.15) is 0 Å². The van der Waals surface area contributed by atoms with Gasteiger partial charge in [0, 0.05) is 24.2 Å². The summed E-state index contributed by atoms with van der Waals surface area (Å²) < 4.78 is 10.8. The number of hydrogen-bond donors (Lipinski definition) is 2. The summed E-state index contributed by atoms with van der Waals surface area (Å²) in [5.74, 6) is 0.551. The van der Waals surface area contributed by atoms with E-state index >= 15 is 0 Å². The fraction of sp³-hybridized carbons (Fsp3) is 0.217. The predicted molar refractivity (Wildman–Crippen MR) is 110 cm³/mol. The van der Waals surface area contributed by atoms with Gasteiger partial charge < -0.3 is 19.8 Å². The monoisotopic (exact) mass is 392 g/mol. The van der Waals surface area contributed by atoms with Crippen molar-refractivity contribution in [3.63, 3.8) is 0 Å². The molecule has 0 aliphatic rings. The standard InChI is InChI=1S/C23H24N2O4/c26-22(12-5-13-24-23(27)19-8-2-1-3-9-19)25-20-10-4-7-18(15-20)16-28-17-21-11-6-14-29-21/h1-4,6-11,14-15H,5,12-13,16-17H2,(H,24,27)(H,25,26). The van der Waals surface area contributed by atoms with Crippen LogP contribution in [0.1, 0.15) is 34.5 Å². The highest BCUT2D eigenvalue weighted by molar-refractivity contribution is 5.94. The normalized spacial score (nSPS) is 10.5. The largest absolute Gasteiger partial charge is 0.467 e. The van der Waals surface area contributed by atoms with Crippen LogP contribution < -0.4 is 10.6 Å². The number of hydrogen-bond acceptors (Lipinski definition) is 4. The molecule has 6 heteroatoms. The molecule has 0 bridgehead atoms. The van der Waals surface area contributed by atoms with Crippen LogP contribution in [-0.4, -0.2) is 18.4 Å². The van der Waals surface area contributed by atoms with Gasteiger partial charge in [0.15, 0.2) is 0 Å². The number of rotatable bonds is 10. The molecule has 0 saturated carbocycles. The van der Waals surface area contributed by atoms with Crippen molar-refractivity contribution in [1.82, 2.24) is 5.32 Å². The lowest BCUT2D eigenvalue weighted by Gasteiger charge is -2.09. The summed E-state index contributed by atoms with van der Waals surface area (Å²) in [6.45, 7) is 1.27. The van der Waals surface area contributed by atoms with Gasteiger partial charge in [-0.3, -0.25) is 9.59 Å². The second-order valence-electron chi connectivity index (χ2n) is 6.55. The Morgan fingerprint density at radius 1 is 0.931 bits per heavy atom. The highest BCUT2D eigenvalue weighted by Gasteiger charge is 2.06. The molecular formula is C23H24N2O4. The average Bonchev–Trinajstić information content (AvgIpc) is 3.25. The zero-order valence-corrected chi connectivity index (χ0v) is 16.1. The van der Waals surface area contributed by atoms with Crippen molar-refractivity contribution in [3.05, 3.63) is 89.9 Å². The third-order valence-electron chi connectivity index (χ3n) is 4.21. The Morgan fingerprint density at radius 2 is 1.79 bits per heavy atom. The quantitative estimate of drug-likeness (QED) is 0.508. The maximum atomic E-state index is 12.1. The summed E-state index contributed by atoms with van der Waals surface area (Å²) in [5.41, 5.74) is 2.30. The number of nitrogens with one attached hydrogen (secondary N) is 2. The topological polar surface area (TPSA) is 80.6 Å². The Bertz CT molecular complexity index is 908. The van der Waals surface area contributed by atoms with Crippen LogP contribution in [0.15, 0.2) is 77.4 Å². The Kier molecular flexibility index (Phi) is 7.60. The number of carbonyl (C=O) groups is 2. The molecule has 1 aromatic heterocycles. The minimum absolute atomic E-state index is 0.0902. The van der Waals surface area contributed by atoms with Gasteiger partial charge in [-0.1, -0.05) is 30.3 Å². The molecule has 29 heavy (non-hydrogen) atoms. The summed E-state index contributed by atoms with van der Waals surface area (Å²) in [6.07, 6.45) is 2.51. The van der Waals surface area contributed by atoms with Gasteiger partial charge in [0.1, 0.15) is 12.4 Å². The predicted octanol–water partition coefficient (Wildman–Crippen LogP) is 4.15. The molecule has 0 aliphatic carbocycles. The maximum absolute atomic E-state index is 12.1. The summed E-state index contributed by atoms with van der Waals surface area (Å²) in [5, 5.41) is 5.70. The van der Waals surface area contributed by atoms with E-state index in [0.717, 1.165) is 17.0 Å². The lowest BCUT2D eigenvalue weighted by molar-refractivity contribution is -0.116. The molecule has 0 spiro atoms. The number of ether oxygens (including phenoxy) is 1. The highest BCUT2D eigenvalue weighted by atomic mass is 16.5. The lowest BCUT2D eigenvalue weighted by atomic mass is 10.2. The van der Waals surface area contributed by atoms with E-state index in [9.17, 15) is 9.59 Å². The molecule has 0 radical (unpaired) electrons. The van der Waals surface area contributed by atoms with Gasteiger partial charge in [0.05, 0.1) is 12.9 Å². The van der Waals surface area contributed by atoms with E-state index < -0.39 is 0 Å². The molecule has 6 nitrogen and oxygen atoms in total. The van der Waals surface area contributed by atoms with Gasteiger partial charge in [-0.05, 0) is 48.4 Å². The van der Waals surface area contributed by atoms with Crippen LogP contribution in [0.3, 0.4) is 0 Å². The minimum atomic E-state index is -0.131. The maximum Gasteiger partial charge on any atom is 0.251 e. The summed E-state index contributed by atoms with van der Waals surface area (Å²) >= 11 is 0. The number of furan rings is 1. The van der Waals surface area contributed by atoms with Gasteiger partial charge in [0.2, 0.25) is 5.91 Å². The van der Waals surface area contributed by atoms with Crippen molar-refractivity contribution >= 4 is 17.5 Å². The zero-order valence-electron chi connectivity index (χ0n) is 16.1. The Labute approximate surface area is 169 Å². The molecule has 0 fully saturated rings. The molecule has 0 atom stereocenters. The van der Waals surface area contributed by atoms with Gasteiger partial charge in [-0.15, -0.1) is 0 Å². The fourth-order valence-electron chi connectivity index (χ4n) is 2.77. The summed E-state index contributed by atoms with van der Waals surface area (Å²) in [7, 11) is 0. The number of benzene rings is 2. The van der Waals surface area contributed by atoms with Crippen LogP contribution in [0.5, 0.6) is 0 Å². The smallest absolute Gasteiger partial charge is 0.251 e. The SMILES string of the molecule is O=C(CCCNC(=O)c1ccccc1)Nc1cccc(COCc2ccco2)c1. The molecule has 1 heterocycles. The van der Waals surface area contributed by atoms with Crippen molar-refractivity contribution in [1.29, 1.82) is 0 Å². The first kappa shape index (κ1) is 20.4. The molecule has 2 amide bonds. The van der Waals surface area contributed by atoms with Gasteiger partial charge in [0.25, 0.3) is 5.91 Å². The Balaban J connectivity index is 1.36. The number of amides is 2. The summed E-state index contributed by atoms with van der Waals surface area (Å²) in [4.78, 5) is 24.1. The second kappa shape index (κ2) is 10.8. The average molecular weight is 392 g/mol. The van der Waals surface area contributed by atoms with Crippen LogP contribution in [0.25, 0.3) is 0 Å². The highest BCUT2D eigenvalue weighted by Crippen LogP contribution is 2.13. The molecule has 3 aromatic rings. The van der Waals surface area contributed by atoms with Crippen molar-refractivity contribution in [2.45, 2.75) is 26.1 Å². The lowest BCUT2D eigenvalue weighted by Crippen LogP contribution is -2.25. The van der Waals surface area contributed by atoms with Gasteiger partial charge >= 0.3 is 0 Å². The van der Waals surface area contributed by atoms with E-state index in [2.05, 4.69) is 10.6 Å². The number of anilines is 1. The van der Waals surface area contributed by atoms with Crippen molar-refractivity contribution in [2.24, 2.45) is 0 Å². The molecule has 0 unspecified atom stereocenters. The van der Waals surface area contributed by atoms with E-state index in [1.165, 1.54) is 0 Å². The fourth-order valence-corrected chi connectivity index (χ4v) is 2.77. The van der Waals surface area contributed by atoms with Crippen LogP contribution in [0.4, 0.5) is 5.69 Å². The minimum Gasteiger partial charge on any atom is -0.467 e.